The van der Waals surface area contributed by atoms with Crippen LogP contribution in [0, 0.1) is 6.92 Å². The highest BCUT2D eigenvalue weighted by Gasteiger charge is 2.18. The lowest BCUT2D eigenvalue weighted by molar-refractivity contribution is 0.567. The van der Waals surface area contributed by atoms with Gasteiger partial charge in [0, 0.05) is 16.1 Å². The fraction of sp³-hybridized carbons (Fsp3) is 0.200. The lowest BCUT2D eigenvalue weighted by Crippen LogP contribution is -2.26. The van der Waals surface area contributed by atoms with Crippen LogP contribution in [0.1, 0.15) is 24.1 Å². The molecule has 0 aliphatic heterocycles. The first kappa shape index (κ1) is 16.3. The van der Waals surface area contributed by atoms with Crippen LogP contribution >= 0.6 is 23.2 Å². The number of rotatable bonds is 4. The summed E-state index contributed by atoms with van der Waals surface area (Å²) >= 11 is 11.9. The van der Waals surface area contributed by atoms with Gasteiger partial charge in [0.25, 0.3) is 0 Å². The van der Waals surface area contributed by atoms with Gasteiger partial charge in [-0.2, -0.15) is 0 Å². The summed E-state index contributed by atoms with van der Waals surface area (Å²) in [5.74, 6) is 0. The minimum Gasteiger partial charge on any atom is -0.207 e. The Balaban J connectivity index is 2.25. The van der Waals surface area contributed by atoms with Crippen LogP contribution in [0.15, 0.2) is 47.4 Å². The van der Waals surface area contributed by atoms with Crippen molar-refractivity contribution in [2.45, 2.75) is 24.8 Å². The molecular formula is C15H15Cl2NO2S. The van der Waals surface area contributed by atoms with E-state index in [1.807, 2.05) is 6.92 Å². The van der Waals surface area contributed by atoms with Crippen LogP contribution in [-0.2, 0) is 10.0 Å². The Bertz CT molecular complexity index is 723. The van der Waals surface area contributed by atoms with Gasteiger partial charge in [-0.25, -0.2) is 13.1 Å². The number of nitrogens with one attached hydrogen (secondary N) is 1. The van der Waals surface area contributed by atoms with E-state index in [4.69, 9.17) is 23.2 Å². The van der Waals surface area contributed by atoms with Crippen LogP contribution in [0.25, 0.3) is 0 Å². The number of hydrogen-bond acceptors (Lipinski definition) is 2. The van der Waals surface area contributed by atoms with Crippen molar-refractivity contribution < 1.29 is 8.42 Å². The second-order valence-corrected chi connectivity index (χ2v) is 7.45. The van der Waals surface area contributed by atoms with Crippen molar-refractivity contribution in [3.8, 4) is 0 Å². The van der Waals surface area contributed by atoms with Gasteiger partial charge in [-0.15, -0.1) is 0 Å². The van der Waals surface area contributed by atoms with E-state index >= 15 is 0 Å². The van der Waals surface area contributed by atoms with Crippen molar-refractivity contribution in [3.05, 3.63) is 63.6 Å². The lowest BCUT2D eigenvalue weighted by Gasteiger charge is -2.15. The van der Waals surface area contributed by atoms with Gasteiger partial charge in [0.15, 0.2) is 0 Å². The molecule has 0 aromatic heterocycles. The highest BCUT2D eigenvalue weighted by molar-refractivity contribution is 7.89. The molecule has 1 N–H and O–H groups in total. The maximum absolute atomic E-state index is 12.3. The molecule has 0 aliphatic rings. The molecule has 0 aliphatic carbocycles. The Labute approximate surface area is 135 Å². The molecule has 0 amide bonds. The van der Waals surface area contributed by atoms with E-state index in [9.17, 15) is 8.42 Å². The van der Waals surface area contributed by atoms with E-state index in [0.717, 1.165) is 5.56 Å². The Hall–Kier alpha value is -1.07. The fourth-order valence-electron chi connectivity index (χ4n) is 1.91. The number of hydrogen-bond donors (Lipinski definition) is 1. The Kier molecular flexibility index (Phi) is 4.94. The topological polar surface area (TPSA) is 46.2 Å². The summed E-state index contributed by atoms with van der Waals surface area (Å²) in [7, 11) is -3.59. The molecule has 1 atom stereocenters. The van der Waals surface area contributed by atoms with E-state index in [1.165, 1.54) is 0 Å². The van der Waals surface area contributed by atoms with Crippen LogP contribution in [0.2, 0.25) is 10.0 Å². The zero-order chi connectivity index (χ0) is 15.6. The van der Waals surface area contributed by atoms with Crippen molar-refractivity contribution in [1.29, 1.82) is 0 Å². The zero-order valence-corrected chi connectivity index (χ0v) is 13.9. The number of sulfonamides is 1. The smallest absolute Gasteiger partial charge is 0.207 e. The molecule has 0 saturated heterocycles. The first-order valence-electron chi connectivity index (χ1n) is 6.33. The van der Waals surface area contributed by atoms with E-state index in [-0.39, 0.29) is 4.90 Å². The van der Waals surface area contributed by atoms with Gasteiger partial charge >= 0.3 is 0 Å². The van der Waals surface area contributed by atoms with E-state index < -0.39 is 16.1 Å². The van der Waals surface area contributed by atoms with Gasteiger partial charge in [0.05, 0.1) is 4.90 Å². The molecule has 21 heavy (non-hydrogen) atoms. The SMILES string of the molecule is Cc1ccc(S(=O)(=O)NC(C)c2cc(Cl)cc(Cl)c2)cc1. The van der Waals surface area contributed by atoms with Crippen LogP contribution < -0.4 is 4.72 Å². The zero-order valence-electron chi connectivity index (χ0n) is 11.6. The highest BCUT2D eigenvalue weighted by Crippen LogP contribution is 2.24. The monoisotopic (exact) mass is 343 g/mol. The lowest BCUT2D eigenvalue weighted by atomic mass is 10.1. The minimum absolute atomic E-state index is 0.230. The second-order valence-electron chi connectivity index (χ2n) is 4.86. The van der Waals surface area contributed by atoms with Crippen LogP contribution in [-0.4, -0.2) is 8.42 Å². The summed E-state index contributed by atoms with van der Waals surface area (Å²) in [5.41, 5.74) is 1.71. The maximum atomic E-state index is 12.3. The third kappa shape index (κ3) is 4.20. The Morgan fingerprint density at radius 2 is 1.52 bits per heavy atom. The van der Waals surface area contributed by atoms with Crippen molar-refractivity contribution >= 4 is 33.2 Å². The van der Waals surface area contributed by atoms with Gasteiger partial charge < -0.3 is 0 Å². The molecule has 0 radical (unpaired) electrons. The summed E-state index contributed by atoms with van der Waals surface area (Å²) in [6, 6.07) is 11.2. The second kappa shape index (κ2) is 6.36. The van der Waals surface area contributed by atoms with Crippen LogP contribution in [0.4, 0.5) is 0 Å². The standard InChI is InChI=1S/C15H15Cl2NO2S/c1-10-3-5-15(6-4-10)21(19,20)18-11(2)12-7-13(16)9-14(17)8-12/h3-9,11,18H,1-2H3. The molecule has 0 fully saturated rings. The first-order valence-corrected chi connectivity index (χ1v) is 8.57. The van der Waals surface area contributed by atoms with E-state index in [2.05, 4.69) is 4.72 Å². The first-order chi connectivity index (χ1) is 9.78. The third-order valence-electron chi connectivity index (χ3n) is 3.05. The highest BCUT2D eigenvalue weighted by atomic mass is 35.5. The summed E-state index contributed by atoms with van der Waals surface area (Å²) in [5, 5.41) is 0.942. The Morgan fingerprint density at radius 3 is 2.05 bits per heavy atom. The largest absolute Gasteiger partial charge is 0.241 e. The number of benzene rings is 2. The average Bonchev–Trinajstić information content (AvgIpc) is 2.37. The fourth-order valence-corrected chi connectivity index (χ4v) is 3.69. The molecule has 3 nitrogen and oxygen atoms in total. The van der Waals surface area contributed by atoms with Crippen molar-refractivity contribution in [2.24, 2.45) is 0 Å². The normalized spacial score (nSPS) is 13.1. The summed E-state index contributed by atoms with van der Waals surface area (Å²) in [4.78, 5) is 0.230. The molecule has 2 aromatic rings. The molecule has 0 saturated carbocycles. The van der Waals surface area contributed by atoms with E-state index in [0.29, 0.717) is 15.6 Å². The molecule has 0 heterocycles. The van der Waals surface area contributed by atoms with Gasteiger partial charge in [0.2, 0.25) is 10.0 Å². The van der Waals surface area contributed by atoms with Gasteiger partial charge in [0.1, 0.15) is 0 Å². The van der Waals surface area contributed by atoms with Gasteiger partial charge in [-0.05, 0) is 49.7 Å². The maximum Gasteiger partial charge on any atom is 0.241 e. The van der Waals surface area contributed by atoms with Gasteiger partial charge in [-0.1, -0.05) is 40.9 Å². The molecule has 2 aromatic carbocycles. The average molecular weight is 344 g/mol. The molecule has 112 valence electrons. The molecule has 0 spiro atoms. The molecule has 0 bridgehead atoms. The summed E-state index contributed by atoms with van der Waals surface area (Å²) in [6.45, 7) is 3.65. The van der Waals surface area contributed by atoms with Crippen molar-refractivity contribution in [1.82, 2.24) is 4.72 Å². The molecular weight excluding hydrogens is 329 g/mol. The third-order valence-corrected chi connectivity index (χ3v) is 5.04. The van der Waals surface area contributed by atoms with Crippen molar-refractivity contribution in [2.75, 3.05) is 0 Å². The quantitative estimate of drug-likeness (QED) is 0.897. The summed E-state index contributed by atoms with van der Waals surface area (Å²) in [6.07, 6.45) is 0. The van der Waals surface area contributed by atoms with Crippen molar-refractivity contribution in [3.63, 3.8) is 0 Å². The minimum atomic E-state index is -3.59. The predicted molar refractivity (Wildman–Crippen MR) is 86.4 cm³/mol. The van der Waals surface area contributed by atoms with Crippen LogP contribution in [0.5, 0.6) is 0 Å². The molecule has 1 unspecified atom stereocenters. The predicted octanol–water partition coefficient (Wildman–Crippen LogP) is 4.34. The number of halogens is 2. The van der Waals surface area contributed by atoms with Gasteiger partial charge in [-0.3, -0.25) is 0 Å². The van der Waals surface area contributed by atoms with Crippen LogP contribution in [0.3, 0.4) is 0 Å². The molecule has 6 heteroatoms. The molecule has 2 rings (SSSR count). The van der Waals surface area contributed by atoms with E-state index in [1.54, 1.807) is 49.4 Å². The number of aryl methyl sites for hydroxylation is 1. The Morgan fingerprint density at radius 1 is 1.00 bits per heavy atom. The summed E-state index contributed by atoms with van der Waals surface area (Å²) < 4.78 is 27.3.